The number of carbonyl (C=O) groups is 2. The van der Waals surface area contributed by atoms with Crippen LogP contribution in [0.5, 0.6) is 0 Å². The number of ether oxygens (including phenoxy) is 2. The third kappa shape index (κ3) is 63.8. The lowest BCUT2D eigenvalue weighted by atomic mass is 10.0. The first-order valence-corrected chi connectivity index (χ1v) is 34.1. The van der Waals surface area contributed by atoms with Crippen molar-refractivity contribution in [3.8, 4) is 0 Å². The van der Waals surface area contributed by atoms with Gasteiger partial charge in [-0.2, -0.15) is 0 Å². The molecule has 0 radical (unpaired) electrons. The summed E-state index contributed by atoms with van der Waals surface area (Å²) < 4.78 is 34.6. The number of phosphoric acid groups is 1. The van der Waals surface area contributed by atoms with Gasteiger partial charge >= 0.3 is 19.8 Å². The minimum absolute atomic E-state index is 0.0270. The number of quaternary nitrogens is 1. The third-order valence-electron chi connectivity index (χ3n) is 13.8. The molecule has 10 heteroatoms. The van der Waals surface area contributed by atoms with Crippen molar-refractivity contribution in [1.29, 1.82) is 0 Å². The Labute approximate surface area is 493 Å². The van der Waals surface area contributed by atoms with E-state index in [0.717, 1.165) is 103 Å². The molecule has 80 heavy (non-hydrogen) atoms. The number of allylic oxidation sites excluding steroid dienone is 18. The van der Waals surface area contributed by atoms with Gasteiger partial charge in [-0.15, -0.1) is 0 Å². The first kappa shape index (κ1) is 76.7. The second-order valence-electron chi connectivity index (χ2n) is 22.8. The molecule has 1 N–H and O–H groups in total. The van der Waals surface area contributed by atoms with Gasteiger partial charge in [-0.3, -0.25) is 18.6 Å². The summed E-state index contributed by atoms with van der Waals surface area (Å²) in [6.45, 7) is 4.28. The third-order valence-corrected chi connectivity index (χ3v) is 14.8. The van der Waals surface area contributed by atoms with Gasteiger partial charge in [-0.25, -0.2) is 4.57 Å². The quantitative estimate of drug-likeness (QED) is 0.0211. The molecule has 0 fully saturated rings. The van der Waals surface area contributed by atoms with E-state index in [2.05, 4.69) is 123 Å². The molecule has 0 saturated heterocycles. The zero-order chi connectivity index (χ0) is 58.4. The Kier molecular flexibility index (Phi) is 57.8. The van der Waals surface area contributed by atoms with E-state index < -0.39 is 26.5 Å². The van der Waals surface area contributed by atoms with Crippen molar-refractivity contribution in [2.24, 2.45) is 0 Å². The van der Waals surface area contributed by atoms with E-state index in [9.17, 15) is 19.0 Å². The summed E-state index contributed by atoms with van der Waals surface area (Å²) in [6.07, 6.45) is 84.8. The standard InChI is InChI=1S/C70H122NO8P/c1-6-8-10-12-14-16-18-20-22-23-24-25-26-27-28-29-30-31-32-33-34-35-36-37-38-39-40-41-42-43-44-45-46-47-49-51-53-55-57-59-61-63-70(73)79-68(67-78-80(74,75)77-65-64-71(3,4)5)66-76-69(72)62-60-58-56-54-52-50-48-21-19-17-15-13-11-9-7-2/h8,10,14-17,20-22,24-25,27-28,30-31,33-34,48,68H,6-7,9,11-13,18-19,23,26,29,32,35-47,49-67H2,1-5H3/p+1/b10-8-,16-14-,17-15-,22-20-,25-24-,28-27-,31-30-,34-33-,48-21-. The number of nitrogens with zero attached hydrogens (tertiary/aromatic N) is 1. The second-order valence-corrected chi connectivity index (χ2v) is 24.2. The molecule has 0 spiro atoms. The Balaban J connectivity index is 3.96. The average molecular weight is 1140 g/mol. The van der Waals surface area contributed by atoms with Crippen LogP contribution in [0.25, 0.3) is 0 Å². The Morgan fingerprint density at radius 2 is 0.713 bits per heavy atom. The summed E-state index contributed by atoms with van der Waals surface area (Å²) >= 11 is 0. The van der Waals surface area contributed by atoms with Crippen LogP contribution in [0.4, 0.5) is 0 Å². The van der Waals surface area contributed by atoms with Crippen LogP contribution in [-0.4, -0.2) is 74.9 Å². The molecule has 0 aliphatic rings. The SMILES string of the molecule is CC/C=C\C/C=C\C/C=C\C/C=C\C/C=C\C/C=C\C/C=C\CCCCCCCCCCCCCCCCCCCCCC(=O)OC(COC(=O)CCCCCCC/C=C\C/C=C\CCCCC)COP(=O)(O)OCC[N+](C)(C)C. The van der Waals surface area contributed by atoms with E-state index in [-0.39, 0.29) is 32.0 Å². The number of phosphoric ester groups is 1. The van der Waals surface area contributed by atoms with Crippen molar-refractivity contribution in [1.82, 2.24) is 0 Å². The minimum Gasteiger partial charge on any atom is -0.462 e. The molecule has 0 aliphatic heterocycles. The van der Waals surface area contributed by atoms with E-state index in [4.69, 9.17) is 18.5 Å². The second kappa shape index (κ2) is 60.3. The van der Waals surface area contributed by atoms with Crippen molar-refractivity contribution in [3.05, 3.63) is 109 Å². The van der Waals surface area contributed by atoms with Crippen molar-refractivity contribution in [3.63, 3.8) is 0 Å². The van der Waals surface area contributed by atoms with Crippen LogP contribution < -0.4 is 0 Å². The molecule has 0 heterocycles. The number of hydrogen-bond acceptors (Lipinski definition) is 7. The summed E-state index contributed by atoms with van der Waals surface area (Å²) in [5.41, 5.74) is 0. The van der Waals surface area contributed by atoms with Gasteiger partial charge in [0, 0.05) is 12.8 Å². The smallest absolute Gasteiger partial charge is 0.462 e. The lowest BCUT2D eigenvalue weighted by Gasteiger charge is -2.24. The molecule has 0 aromatic carbocycles. The Morgan fingerprint density at radius 3 is 1.06 bits per heavy atom. The summed E-state index contributed by atoms with van der Waals surface area (Å²) in [5.74, 6) is -0.810. The van der Waals surface area contributed by atoms with Crippen LogP contribution in [0.3, 0.4) is 0 Å². The molecule has 2 atom stereocenters. The molecule has 0 aliphatic carbocycles. The molecular weight excluding hydrogens is 1010 g/mol. The van der Waals surface area contributed by atoms with Gasteiger partial charge in [0.2, 0.25) is 0 Å². The van der Waals surface area contributed by atoms with Crippen LogP contribution >= 0.6 is 7.82 Å². The zero-order valence-corrected chi connectivity index (χ0v) is 53.2. The van der Waals surface area contributed by atoms with Crippen molar-refractivity contribution < 1.29 is 42.1 Å². The molecule has 0 saturated carbocycles. The summed E-state index contributed by atoms with van der Waals surface area (Å²) in [7, 11) is 1.47. The summed E-state index contributed by atoms with van der Waals surface area (Å²) in [5, 5.41) is 0. The predicted molar refractivity (Wildman–Crippen MR) is 344 cm³/mol. The molecule has 0 aromatic rings. The molecule has 2 unspecified atom stereocenters. The maximum atomic E-state index is 12.8. The first-order chi connectivity index (χ1) is 39.0. The van der Waals surface area contributed by atoms with E-state index in [0.29, 0.717) is 17.4 Å². The molecule has 0 bridgehead atoms. The number of hydrogen-bond donors (Lipinski definition) is 1. The predicted octanol–water partition coefficient (Wildman–Crippen LogP) is 20.9. The number of rotatable bonds is 59. The summed E-state index contributed by atoms with van der Waals surface area (Å²) in [4.78, 5) is 35.7. The maximum absolute atomic E-state index is 12.8. The van der Waals surface area contributed by atoms with E-state index in [1.165, 1.54) is 135 Å². The van der Waals surface area contributed by atoms with Gasteiger partial charge in [0.1, 0.15) is 19.8 Å². The van der Waals surface area contributed by atoms with Crippen molar-refractivity contribution in [2.75, 3.05) is 47.5 Å². The van der Waals surface area contributed by atoms with E-state index in [1.807, 2.05) is 21.1 Å². The van der Waals surface area contributed by atoms with Crippen molar-refractivity contribution in [2.45, 2.75) is 277 Å². The van der Waals surface area contributed by atoms with Crippen LogP contribution in [0.1, 0.15) is 271 Å². The largest absolute Gasteiger partial charge is 0.472 e. The normalized spacial score (nSPS) is 13.9. The molecule has 0 amide bonds. The highest BCUT2D eigenvalue weighted by atomic mass is 31.2. The highest BCUT2D eigenvalue weighted by molar-refractivity contribution is 7.47. The van der Waals surface area contributed by atoms with Crippen LogP contribution in [0.15, 0.2) is 109 Å². The first-order valence-electron chi connectivity index (χ1n) is 32.6. The van der Waals surface area contributed by atoms with Gasteiger partial charge in [0.05, 0.1) is 27.7 Å². The van der Waals surface area contributed by atoms with E-state index in [1.54, 1.807) is 0 Å². The monoisotopic (exact) mass is 1140 g/mol. The van der Waals surface area contributed by atoms with Crippen LogP contribution in [0, 0.1) is 0 Å². The fourth-order valence-corrected chi connectivity index (χ4v) is 9.53. The van der Waals surface area contributed by atoms with Gasteiger partial charge in [0.25, 0.3) is 0 Å². The lowest BCUT2D eigenvalue weighted by molar-refractivity contribution is -0.870. The summed E-state index contributed by atoms with van der Waals surface area (Å²) in [6, 6.07) is 0. The van der Waals surface area contributed by atoms with Crippen molar-refractivity contribution >= 4 is 19.8 Å². The molecule has 0 rings (SSSR count). The average Bonchev–Trinajstić information content (AvgIpc) is 3.42. The van der Waals surface area contributed by atoms with Gasteiger partial charge in [-0.05, 0) is 103 Å². The molecule has 9 nitrogen and oxygen atoms in total. The van der Waals surface area contributed by atoms with Gasteiger partial charge in [-0.1, -0.05) is 264 Å². The fourth-order valence-electron chi connectivity index (χ4n) is 8.79. The number of likely N-dealkylation sites (N-methyl/N-ethyl adjacent to an activating group) is 1. The molecular formula is C70H123NO8P+. The maximum Gasteiger partial charge on any atom is 0.472 e. The lowest BCUT2D eigenvalue weighted by Crippen LogP contribution is -2.37. The number of carbonyl (C=O) groups excluding carboxylic acids is 2. The molecule has 460 valence electrons. The minimum atomic E-state index is -4.39. The zero-order valence-electron chi connectivity index (χ0n) is 52.3. The van der Waals surface area contributed by atoms with Crippen LogP contribution in [-0.2, 0) is 32.7 Å². The Morgan fingerprint density at radius 1 is 0.400 bits per heavy atom. The van der Waals surface area contributed by atoms with Gasteiger partial charge in [0.15, 0.2) is 6.10 Å². The van der Waals surface area contributed by atoms with Gasteiger partial charge < -0.3 is 18.9 Å². The highest BCUT2D eigenvalue weighted by Gasteiger charge is 2.27. The molecule has 0 aromatic heterocycles. The highest BCUT2D eigenvalue weighted by Crippen LogP contribution is 2.43. The van der Waals surface area contributed by atoms with E-state index >= 15 is 0 Å². The Bertz CT molecular complexity index is 1720. The van der Waals surface area contributed by atoms with Crippen LogP contribution in [0.2, 0.25) is 0 Å². The number of unbranched alkanes of at least 4 members (excludes halogenated alkanes) is 27. The number of esters is 2. The topological polar surface area (TPSA) is 108 Å². The Hall–Kier alpha value is -3.33. The fraction of sp³-hybridized carbons (Fsp3) is 0.714.